The van der Waals surface area contributed by atoms with E-state index in [0.717, 1.165) is 16.6 Å². The second kappa shape index (κ2) is 5.58. The average Bonchev–Trinajstić information content (AvgIpc) is 2.79. The molecule has 6 heteroatoms. The topological polar surface area (TPSA) is 42.9 Å². The second-order valence-corrected chi connectivity index (χ2v) is 5.67. The number of hydrogen-bond donors (Lipinski definition) is 0. The molecule has 0 unspecified atom stereocenters. The van der Waals surface area contributed by atoms with Crippen LogP contribution < -0.4 is 0 Å². The summed E-state index contributed by atoms with van der Waals surface area (Å²) < 4.78 is 18.1. The highest BCUT2D eigenvalue weighted by molar-refractivity contribution is 8.01. The lowest BCUT2D eigenvalue weighted by atomic mass is 10.1. The van der Waals surface area contributed by atoms with E-state index in [0.29, 0.717) is 10.5 Å². The third-order valence-corrected chi connectivity index (χ3v) is 4.15. The van der Waals surface area contributed by atoms with Crippen molar-refractivity contribution in [3.8, 4) is 0 Å². The van der Waals surface area contributed by atoms with Crippen molar-refractivity contribution in [3.05, 3.63) is 35.4 Å². The van der Waals surface area contributed by atoms with E-state index in [4.69, 9.17) is 0 Å². The van der Waals surface area contributed by atoms with Crippen molar-refractivity contribution in [3.63, 3.8) is 0 Å². The van der Waals surface area contributed by atoms with Gasteiger partial charge in [-0.3, -0.25) is 4.79 Å². The van der Waals surface area contributed by atoms with Gasteiger partial charge in [0.1, 0.15) is 11.6 Å². The summed E-state index contributed by atoms with van der Waals surface area (Å²) in [6.45, 7) is 3.41. The Kier molecular flexibility index (Phi) is 4.08. The molecule has 94 valence electrons. The summed E-state index contributed by atoms with van der Waals surface area (Å²) in [5, 5.41) is 0. The summed E-state index contributed by atoms with van der Waals surface area (Å²) in [5.74, 6) is 0.224. The first-order chi connectivity index (χ1) is 8.60. The quantitative estimate of drug-likeness (QED) is 0.804. The summed E-state index contributed by atoms with van der Waals surface area (Å²) in [5.41, 5.74) is 0.383. The van der Waals surface area contributed by atoms with Crippen LogP contribution in [0.5, 0.6) is 0 Å². The minimum absolute atomic E-state index is 0.155. The Morgan fingerprint density at radius 3 is 2.89 bits per heavy atom. The Morgan fingerprint density at radius 1 is 1.50 bits per heavy atom. The van der Waals surface area contributed by atoms with E-state index in [-0.39, 0.29) is 5.78 Å². The molecule has 0 aliphatic carbocycles. The fraction of sp³-hybridized carbons (Fsp3) is 0.250. The van der Waals surface area contributed by atoms with Crippen molar-refractivity contribution >= 4 is 29.1 Å². The third kappa shape index (κ3) is 2.94. The van der Waals surface area contributed by atoms with Gasteiger partial charge in [-0.25, -0.2) is 9.37 Å². The number of rotatable bonds is 4. The molecule has 1 heterocycles. The van der Waals surface area contributed by atoms with Crippen LogP contribution in [0.4, 0.5) is 4.39 Å². The largest absolute Gasteiger partial charge is 0.294 e. The number of benzene rings is 1. The van der Waals surface area contributed by atoms with Gasteiger partial charge in [0.2, 0.25) is 0 Å². The molecular weight excluding hydrogens is 271 g/mol. The number of carbonyl (C=O) groups is 1. The molecular formula is C12H11FN2OS2. The van der Waals surface area contributed by atoms with Gasteiger partial charge in [-0.15, -0.1) is 0 Å². The minimum atomic E-state index is -0.406. The van der Waals surface area contributed by atoms with E-state index >= 15 is 0 Å². The van der Waals surface area contributed by atoms with E-state index < -0.39 is 5.82 Å². The smallest absolute Gasteiger partial charge is 0.174 e. The van der Waals surface area contributed by atoms with Crippen LogP contribution in [0.1, 0.15) is 30.0 Å². The molecule has 0 aliphatic rings. The van der Waals surface area contributed by atoms with Crippen molar-refractivity contribution in [2.75, 3.05) is 0 Å². The lowest BCUT2D eigenvalue weighted by Crippen LogP contribution is -1.96. The van der Waals surface area contributed by atoms with E-state index in [1.165, 1.54) is 42.4 Å². The summed E-state index contributed by atoms with van der Waals surface area (Å²) in [6, 6.07) is 4.20. The maximum absolute atomic E-state index is 13.1. The molecule has 1 aromatic carbocycles. The predicted octanol–water partition coefficient (Wildman–Crippen LogP) is 3.59. The van der Waals surface area contributed by atoms with Gasteiger partial charge >= 0.3 is 0 Å². The number of hydrogen-bond acceptors (Lipinski definition) is 5. The summed E-state index contributed by atoms with van der Waals surface area (Å²) in [4.78, 5) is 16.5. The summed E-state index contributed by atoms with van der Waals surface area (Å²) in [7, 11) is 0. The molecule has 18 heavy (non-hydrogen) atoms. The van der Waals surface area contributed by atoms with Crippen LogP contribution in [-0.4, -0.2) is 15.1 Å². The van der Waals surface area contributed by atoms with Crippen LogP contribution in [0, 0.1) is 5.82 Å². The number of carbonyl (C=O) groups excluding carboxylic acids is 1. The number of ketones is 1. The second-order valence-electron chi connectivity index (χ2n) is 3.63. The van der Waals surface area contributed by atoms with Crippen LogP contribution in [0.3, 0.4) is 0 Å². The van der Waals surface area contributed by atoms with Crippen LogP contribution in [0.25, 0.3) is 0 Å². The maximum atomic E-state index is 13.1. The Labute approximate surface area is 113 Å². The van der Waals surface area contributed by atoms with E-state index in [2.05, 4.69) is 9.36 Å². The number of aryl methyl sites for hydroxylation is 1. The highest BCUT2D eigenvalue weighted by Crippen LogP contribution is 2.32. The average molecular weight is 282 g/mol. The number of Topliss-reactive ketones (excluding diaryl/α,β-unsaturated/α-hetero) is 1. The van der Waals surface area contributed by atoms with Crippen molar-refractivity contribution < 1.29 is 9.18 Å². The summed E-state index contributed by atoms with van der Waals surface area (Å²) >= 11 is 2.64. The van der Waals surface area contributed by atoms with Crippen LogP contribution in [0.2, 0.25) is 0 Å². The van der Waals surface area contributed by atoms with E-state index in [9.17, 15) is 9.18 Å². The Hall–Kier alpha value is -1.27. The van der Waals surface area contributed by atoms with E-state index in [1.54, 1.807) is 6.07 Å². The Balaban J connectivity index is 2.30. The molecule has 2 rings (SSSR count). The molecule has 0 aliphatic heterocycles. The van der Waals surface area contributed by atoms with Crippen molar-refractivity contribution in [1.82, 2.24) is 9.36 Å². The first-order valence-corrected chi connectivity index (χ1v) is 7.00. The normalized spacial score (nSPS) is 10.6. The molecule has 2 aromatic rings. The van der Waals surface area contributed by atoms with Gasteiger partial charge in [0.25, 0.3) is 0 Å². The van der Waals surface area contributed by atoms with Gasteiger partial charge in [0.05, 0.1) is 0 Å². The molecule has 0 saturated heterocycles. The van der Waals surface area contributed by atoms with Gasteiger partial charge in [-0.2, -0.15) is 4.37 Å². The molecule has 0 radical (unpaired) electrons. The number of nitrogens with zero attached hydrogens (tertiary/aromatic N) is 2. The molecule has 0 saturated carbocycles. The van der Waals surface area contributed by atoms with Gasteiger partial charge < -0.3 is 0 Å². The lowest BCUT2D eigenvalue weighted by molar-refractivity contribution is 0.101. The minimum Gasteiger partial charge on any atom is -0.294 e. The highest BCUT2D eigenvalue weighted by Gasteiger charge is 2.12. The zero-order valence-electron chi connectivity index (χ0n) is 9.94. The van der Waals surface area contributed by atoms with Crippen molar-refractivity contribution in [2.24, 2.45) is 0 Å². The molecule has 0 bridgehead atoms. The van der Waals surface area contributed by atoms with Crippen LogP contribution in [-0.2, 0) is 6.42 Å². The lowest BCUT2D eigenvalue weighted by Gasteiger charge is -2.04. The molecule has 1 aromatic heterocycles. The fourth-order valence-electron chi connectivity index (χ4n) is 1.38. The molecule has 0 atom stereocenters. The first-order valence-electron chi connectivity index (χ1n) is 5.41. The zero-order valence-corrected chi connectivity index (χ0v) is 11.6. The number of halogens is 1. The molecule has 3 nitrogen and oxygen atoms in total. The van der Waals surface area contributed by atoms with Gasteiger partial charge in [-0.1, -0.05) is 18.7 Å². The Morgan fingerprint density at radius 2 is 2.28 bits per heavy atom. The van der Waals surface area contributed by atoms with Crippen molar-refractivity contribution in [1.29, 1.82) is 0 Å². The van der Waals surface area contributed by atoms with Gasteiger partial charge in [0, 0.05) is 16.9 Å². The number of aromatic nitrogens is 2. The van der Waals surface area contributed by atoms with Crippen LogP contribution in [0.15, 0.2) is 27.4 Å². The molecule has 0 fully saturated rings. The zero-order chi connectivity index (χ0) is 13.1. The van der Waals surface area contributed by atoms with Crippen LogP contribution >= 0.6 is 23.3 Å². The Bertz CT molecular complexity index is 583. The predicted molar refractivity (Wildman–Crippen MR) is 69.8 cm³/mol. The van der Waals surface area contributed by atoms with Gasteiger partial charge in [-0.05, 0) is 36.7 Å². The molecule has 0 spiro atoms. The summed E-state index contributed by atoms with van der Waals surface area (Å²) in [6.07, 6.45) is 0.778. The SMILES string of the molecule is CCc1nsc(Sc2ccc(F)cc2C(C)=O)n1. The monoisotopic (exact) mass is 282 g/mol. The highest BCUT2D eigenvalue weighted by atomic mass is 32.2. The standard InChI is InChI=1S/C12H11FN2OS2/c1-3-11-14-12(18-15-11)17-10-5-4-8(13)6-9(10)7(2)16/h4-6H,3H2,1-2H3. The van der Waals surface area contributed by atoms with E-state index in [1.807, 2.05) is 6.92 Å². The third-order valence-electron chi connectivity index (χ3n) is 2.28. The molecule has 0 N–H and O–H groups in total. The maximum Gasteiger partial charge on any atom is 0.174 e. The van der Waals surface area contributed by atoms with Gasteiger partial charge in [0.15, 0.2) is 10.1 Å². The molecule has 0 amide bonds. The fourth-order valence-corrected chi connectivity index (χ4v) is 3.20. The van der Waals surface area contributed by atoms with Crippen molar-refractivity contribution in [2.45, 2.75) is 29.5 Å². The first kappa shape index (κ1) is 13.2.